The van der Waals surface area contributed by atoms with Gasteiger partial charge in [-0.15, -0.1) is 0 Å². The molecule has 23 heavy (non-hydrogen) atoms. The highest BCUT2D eigenvalue weighted by molar-refractivity contribution is 7.85. The topological polar surface area (TPSA) is 57.2 Å². The summed E-state index contributed by atoms with van der Waals surface area (Å²) in [5.41, 5.74) is 0.669. The van der Waals surface area contributed by atoms with Crippen LogP contribution < -0.4 is 0 Å². The highest BCUT2D eigenvalue weighted by Gasteiger charge is 2.13. The zero-order valence-corrected chi connectivity index (χ0v) is 15.4. The molecule has 0 aliphatic heterocycles. The molecule has 1 unspecified atom stereocenters. The summed E-state index contributed by atoms with van der Waals surface area (Å²) in [6.45, 7) is 4.24. The van der Waals surface area contributed by atoms with Crippen LogP contribution in [0, 0.1) is 0 Å². The molecule has 0 radical (unpaired) electrons. The van der Waals surface area contributed by atoms with Gasteiger partial charge in [0.25, 0.3) is 0 Å². The third kappa shape index (κ3) is 7.98. The van der Waals surface area contributed by atoms with Gasteiger partial charge in [0, 0.05) is 0 Å². The molecule has 0 saturated carbocycles. The van der Waals surface area contributed by atoms with Crippen LogP contribution in [0.25, 0.3) is 0 Å². The SMILES string of the molecule is CCCCCCCCCCCC(C)c1ccccc1S(=O)(=O)[O-]. The fourth-order valence-electron chi connectivity index (χ4n) is 3.03. The van der Waals surface area contributed by atoms with E-state index in [2.05, 4.69) is 6.92 Å². The Labute approximate surface area is 142 Å². The van der Waals surface area contributed by atoms with Gasteiger partial charge in [-0.2, -0.15) is 0 Å². The normalized spacial score (nSPS) is 13.2. The Balaban J connectivity index is 2.29. The largest absolute Gasteiger partial charge is 0.744 e. The number of unbranched alkanes of at least 4 members (excludes halogenated alkanes) is 8. The van der Waals surface area contributed by atoms with Crippen LogP contribution in [0.2, 0.25) is 0 Å². The Kier molecular flexibility index (Phi) is 9.49. The van der Waals surface area contributed by atoms with Gasteiger partial charge in [-0.3, -0.25) is 0 Å². The Morgan fingerprint density at radius 2 is 1.43 bits per heavy atom. The molecular formula is C19H31O3S-. The Morgan fingerprint density at radius 3 is 2.00 bits per heavy atom. The van der Waals surface area contributed by atoms with E-state index in [4.69, 9.17) is 0 Å². The van der Waals surface area contributed by atoms with Crippen molar-refractivity contribution in [2.45, 2.75) is 88.9 Å². The molecule has 0 aliphatic carbocycles. The lowest BCUT2D eigenvalue weighted by atomic mass is 9.94. The second kappa shape index (κ2) is 10.8. The van der Waals surface area contributed by atoms with E-state index in [0.29, 0.717) is 5.56 Å². The van der Waals surface area contributed by atoms with Crippen LogP contribution >= 0.6 is 0 Å². The first-order valence-corrected chi connectivity index (χ1v) is 10.4. The van der Waals surface area contributed by atoms with Crippen molar-refractivity contribution in [3.8, 4) is 0 Å². The van der Waals surface area contributed by atoms with Crippen LogP contribution in [0.3, 0.4) is 0 Å². The van der Waals surface area contributed by atoms with Crippen molar-refractivity contribution in [2.24, 2.45) is 0 Å². The van der Waals surface area contributed by atoms with Gasteiger partial charge >= 0.3 is 0 Å². The Bertz CT molecular complexity index is 537. The lowest BCUT2D eigenvalue weighted by Gasteiger charge is -2.18. The van der Waals surface area contributed by atoms with Crippen molar-refractivity contribution >= 4 is 10.1 Å². The fourth-order valence-corrected chi connectivity index (χ4v) is 3.84. The van der Waals surface area contributed by atoms with Crippen LogP contribution in [0.15, 0.2) is 29.2 Å². The van der Waals surface area contributed by atoms with Gasteiger partial charge < -0.3 is 4.55 Å². The van der Waals surface area contributed by atoms with E-state index in [1.165, 1.54) is 57.4 Å². The molecule has 0 aliphatic rings. The molecule has 0 spiro atoms. The van der Waals surface area contributed by atoms with Crippen molar-refractivity contribution in [3.63, 3.8) is 0 Å². The number of hydrogen-bond donors (Lipinski definition) is 0. The second-order valence-corrected chi connectivity index (χ2v) is 7.86. The molecule has 0 saturated heterocycles. The molecular weight excluding hydrogens is 308 g/mol. The van der Waals surface area contributed by atoms with Crippen molar-refractivity contribution in [1.82, 2.24) is 0 Å². The first-order valence-electron chi connectivity index (χ1n) is 9.01. The minimum atomic E-state index is -4.38. The monoisotopic (exact) mass is 339 g/mol. The number of benzene rings is 1. The smallest absolute Gasteiger partial charge is 0.124 e. The lowest BCUT2D eigenvalue weighted by Crippen LogP contribution is -2.06. The molecule has 0 bridgehead atoms. The summed E-state index contributed by atoms with van der Waals surface area (Å²) in [6.07, 6.45) is 12.4. The molecule has 0 heterocycles. The predicted octanol–water partition coefficient (Wildman–Crippen LogP) is 5.62. The standard InChI is InChI=1S/C19H32O3S/c1-3-4-5-6-7-8-9-10-11-14-17(2)18-15-12-13-16-19(18)23(20,21)22/h12-13,15-17H,3-11,14H2,1-2H3,(H,20,21,22)/p-1. The highest BCUT2D eigenvalue weighted by atomic mass is 32.2. The molecule has 1 rings (SSSR count). The molecule has 0 amide bonds. The summed E-state index contributed by atoms with van der Waals surface area (Å²) in [4.78, 5) is -0.0524. The van der Waals surface area contributed by atoms with Gasteiger partial charge in [0.1, 0.15) is 10.1 Å². The van der Waals surface area contributed by atoms with Gasteiger partial charge in [-0.05, 0) is 24.0 Å². The van der Waals surface area contributed by atoms with E-state index in [-0.39, 0.29) is 10.8 Å². The van der Waals surface area contributed by atoms with E-state index in [1.807, 2.05) is 6.92 Å². The van der Waals surface area contributed by atoms with Gasteiger partial charge in [0.15, 0.2) is 0 Å². The first kappa shape index (κ1) is 20.2. The summed E-state index contributed by atoms with van der Waals surface area (Å²) in [5, 5.41) is 0. The van der Waals surface area contributed by atoms with Crippen molar-refractivity contribution in [1.29, 1.82) is 0 Å². The van der Waals surface area contributed by atoms with E-state index in [9.17, 15) is 13.0 Å². The third-order valence-electron chi connectivity index (χ3n) is 4.46. The molecule has 4 heteroatoms. The Hall–Kier alpha value is -0.870. The molecule has 1 atom stereocenters. The van der Waals surface area contributed by atoms with Crippen LogP contribution in [0.5, 0.6) is 0 Å². The van der Waals surface area contributed by atoms with Gasteiger partial charge in [0.05, 0.1) is 4.90 Å². The predicted molar refractivity (Wildman–Crippen MR) is 94.7 cm³/mol. The number of hydrogen-bond acceptors (Lipinski definition) is 3. The van der Waals surface area contributed by atoms with Crippen LogP contribution in [-0.4, -0.2) is 13.0 Å². The molecule has 1 aromatic carbocycles. The van der Waals surface area contributed by atoms with Crippen LogP contribution in [-0.2, 0) is 10.1 Å². The van der Waals surface area contributed by atoms with Crippen molar-refractivity contribution in [2.75, 3.05) is 0 Å². The lowest BCUT2D eigenvalue weighted by molar-refractivity contribution is 0.460. The maximum absolute atomic E-state index is 11.3. The van der Waals surface area contributed by atoms with Crippen molar-refractivity contribution in [3.05, 3.63) is 29.8 Å². The quantitative estimate of drug-likeness (QED) is 0.367. The van der Waals surface area contributed by atoms with E-state index < -0.39 is 10.1 Å². The number of rotatable bonds is 12. The van der Waals surface area contributed by atoms with Gasteiger partial charge in [-0.25, -0.2) is 8.42 Å². The summed E-state index contributed by atoms with van der Waals surface area (Å²) >= 11 is 0. The van der Waals surface area contributed by atoms with Crippen LogP contribution in [0.1, 0.15) is 89.5 Å². The van der Waals surface area contributed by atoms with Gasteiger partial charge in [-0.1, -0.05) is 89.8 Å². The summed E-state index contributed by atoms with van der Waals surface area (Å²) < 4.78 is 34.0. The minimum Gasteiger partial charge on any atom is -0.744 e. The summed E-state index contributed by atoms with van der Waals surface area (Å²) in [5.74, 6) is 0.111. The van der Waals surface area contributed by atoms with Crippen molar-refractivity contribution < 1.29 is 13.0 Å². The Morgan fingerprint density at radius 1 is 0.913 bits per heavy atom. The summed E-state index contributed by atoms with van der Waals surface area (Å²) in [6, 6.07) is 6.60. The molecule has 0 fully saturated rings. The summed E-state index contributed by atoms with van der Waals surface area (Å²) in [7, 11) is -4.38. The maximum atomic E-state index is 11.3. The fraction of sp³-hybridized carbons (Fsp3) is 0.684. The molecule has 3 nitrogen and oxygen atoms in total. The third-order valence-corrected chi connectivity index (χ3v) is 5.37. The van der Waals surface area contributed by atoms with Crippen LogP contribution in [0.4, 0.5) is 0 Å². The molecule has 1 aromatic rings. The minimum absolute atomic E-state index is 0.0524. The average molecular weight is 340 g/mol. The maximum Gasteiger partial charge on any atom is 0.124 e. The molecule has 0 aromatic heterocycles. The molecule has 0 N–H and O–H groups in total. The zero-order valence-electron chi connectivity index (χ0n) is 14.6. The van der Waals surface area contributed by atoms with E-state index in [0.717, 1.165) is 12.8 Å². The second-order valence-electron chi connectivity index (χ2n) is 6.51. The molecule has 132 valence electrons. The highest BCUT2D eigenvalue weighted by Crippen LogP contribution is 2.28. The first-order chi connectivity index (χ1) is 11.0. The van der Waals surface area contributed by atoms with E-state index >= 15 is 0 Å². The average Bonchev–Trinajstić information content (AvgIpc) is 2.52. The van der Waals surface area contributed by atoms with E-state index in [1.54, 1.807) is 18.2 Å². The zero-order chi connectivity index (χ0) is 17.1. The van der Waals surface area contributed by atoms with Gasteiger partial charge in [0.2, 0.25) is 0 Å².